The Kier molecular flexibility index (Phi) is 3.28. The molecule has 0 atom stereocenters. The summed E-state index contributed by atoms with van der Waals surface area (Å²) in [5.74, 6) is -0.0606. The summed E-state index contributed by atoms with van der Waals surface area (Å²) >= 11 is 6.22. The van der Waals surface area contributed by atoms with Crippen LogP contribution in [0.2, 0.25) is 5.02 Å². The third-order valence-electron chi connectivity index (χ3n) is 3.48. The molecule has 0 unspecified atom stereocenters. The number of carbonyl (C=O) groups is 1. The van der Waals surface area contributed by atoms with Crippen molar-refractivity contribution in [3.63, 3.8) is 0 Å². The predicted molar refractivity (Wildman–Crippen MR) is 71.3 cm³/mol. The maximum atomic E-state index is 12.7. The molecule has 3 rings (SSSR count). The fourth-order valence-corrected chi connectivity index (χ4v) is 2.82. The maximum Gasteiger partial charge on any atom is 0.433 e. The molecular weight excluding hydrogens is 305 g/mol. The molecule has 0 bridgehead atoms. The standard InChI is InChI=1S/C14H10ClF3N2O/c15-11-8-2-1-3-9(21)13(8)20-12(11)7-4-5-19-10(6-7)14(16,17)18/h4-6,20H,1-3H2. The lowest BCUT2D eigenvalue weighted by molar-refractivity contribution is -0.141. The van der Waals surface area contributed by atoms with Gasteiger partial charge in [-0.2, -0.15) is 13.2 Å². The Morgan fingerprint density at radius 2 is 2.00 bits per heavy atom. The third kappa shape index (κ3) is 2.44. The number of nitrogens with zero attached hydrogens (tertiary/aromatic N) is 1. The highest BCUT2D eigenvalue weighted by molar-refractivity contribution is 6.34. The van der Waals surface area contributed by atoms with Crippen molar-refractivity contribution in [1.29, 1.82) is 0 Å². The van der Waals surface area contributed by atoms with Crippen LogP contribution in [0.25, 0.3) is 11.3 Å². The number of pyridine rings is 1. The molecule has 1 aliphatic rings. The third-order valence-corrected chi connectivity index (χ3v) is 3.90. The van der Waals surface area contributed by atoms with Crippen LogP contribution in [0.1, 0.15) is 34.6 Å². The summed E-state index contributed by atoms with van der Waals surface area (Å²) in [5.41, 5.74) is 0.712. The molecule has 0 radical (unpaired) electrons. The molecule has 0 spiro atoms. The molecule has 3 nitrogen and oxygen atoms in total. The SMILES string of the molecule is O=C1CCCc2c1[nH]c(-c1ccnc(C(F)(F)F)c1)c2Cl. The first-order valence-corrected chi connectivity index (χ1v) is 6.73. The first-order valence-electron chi connectivity index (χ1n) is 6.35. The fraction of sp³-hybridized carbons (Fsp3) is 0.286. The van der Waals surface area contributed by atoms with E-state index in [1.165, 1.54) is 6.07 Å². The van der Waals surface area contributed by atoms with E-state index in [9.17, 15) is 18.0 Å². The minimum absolute atomic E-state index is 0.0606. The predicted octanol–water partition coefficient (Wildman–Crippen LogP) is 4.27. The average molecular weight is 315 g/mol. The zero-order chi connectivity index (χ0) is 15.2. The lowest BCUT2D eigenvalue weighted by Crippen LogP contribution is -2.09. The van der Waals surface area contributed by atoms with E-state index in [1.54, 1.807) is 0 Å². The van der Waals surface area contributed by atoms with Crippen molar-refractivity contribution in [3.05, 3.63) is 40.3 Å². The van der Waals surface area contributed by atoms with Crippen molar-refractivity contribution >= 4 is 17.4 Å². The Hall–Kier alpha value is -1.82. The molecule has 0 amide bonds. The second kappa shape index (κ2) is 4.87. The van der Waals surface area contributed by atoms with Gasteiger partial charge in [0.05, 0.1) is 16.4 Å². The summed E-state index contributed by atoms with van der Waals surface area (Å²) in [7, 11) is 0. The highest BCUT2D eigenvalue weighted by Gasteiger charge is 2.33. The number of aromatic nitrogens is 2. The summed E-state index contributed by atoms with van der Waals surface area (Å²) in [6, 6.07) is 2.36. The van der Waals surface area contributed by atoms with Crippen molar-refractivity contribution in [2.24, 2.45) is 0 Å². The molecule has 1 aliphatic carbocycles. The first-order chi connectivity index (χ1) is 9.88. The van der Waals surface area contributed by atoms with Crippen LogP contribution in [0.3, 0.4) is 0 Å². The summed E-state index contributed by atoms with van der Waals surface area (Å²) in [5, 5.41) is 0.317. The maximum absolute atomic E-state index is 12.7. The van der Waals surface area contributed by atoms with Gasteiger partial charge in [0.2, 0.25) is 0 Å². The van der Waals surface area contributed by atoms with Crippen molar-refractivity contribution in [1.82, 2.24) is 9.97 Å². The van der Waals surface area contributed by atoms with Crippen LogP contribution in [-0.4, -0.2) is 15.8 Å². The molecule has 0 saturated carbocycles. The molecule has 7 heteroatoms. The number of halogens is 4. The topological polar surface area (TPSA) is 45.8 Å². The number of nitrogens with one attached hydrogen (secondary N) is 1. The van der Waals surface area contributed by atoms with Gasteiger partial charge in [-0.25, -0.2) is 0 Å². The van der Waals surface area contributed by atoms with E-state index in [-0.39, 0.29) is 11.3 Å². The first kappa shape index (κ1) is 14.1. The normalized spacial score (nSPS) is 15.1. The van der Waals surface area contributed by atoms with Gasteiger partial charge in [-0.05, 0) is 25.0 Å². The molecule has 2 aromatic rings. The molecule has 1 N–H and O–H groups in total. The van der Waals surface area contributed by atoms with Crippen molar-refractivity contribution in [2.45, 2.75) is 25.4 Å². The van der Waals surface area contributed by atoms with Crippen LogP contribution in [0.5, 0.6) is 0 Å². The Morgan fingerprint density at radius 1 is 1.24 bits per heavy atom. The Bertz CT molecular complexity index is 721. The van der Waals surface area contributed by atoms with Crippen LogP contribution >= 0.6 is 11.6 Å². The van der Waals surface area contributed by atoms with E-state index >= 15 is 0 Å². The van der Waals surface area contributed by atoms with Gasteiger partial charge in [0.15, 0.2) is 5.78 Å². The molecule has 2 heterocycles. The number of fused-ring (bicyclic) bond motifs is 1. The molecular formula is C14H10ClF3N2O. The second-order valence-corrected chi connectivity index (χ2v) is 5.25. The van der Waals surface area contributed by atoms with Gasteiger partial charge in [0.1, 0.15) is 5.69 Å². The van der Waals surface area contributed by atoms with Crippen LogP contribution in [0.15, 0.2) is 18.3 Å². The molecule has 0 aromatic carbocycles. The largest absolute Gasteiger partial charge is 0.433 e. The summed E-state index contributed by atoms with van der Waals surface area (Å²) in [4.78, 5) is 18.0. The molecule has 2 aromatic heterocycles. The average Bonchev–Trinajstić information content (AvgIpc) is 2.77. The van der Waals surface area contributed by atoms with Gasteiger partial charge in [-0.15, -0.1) is 0 Å². The van der Waals surface area contributed by atoms with Crippen molar-refractivity contribution in [3.8, 4) is 11.3 Å². The van der Waals surface area contributed by atoms with Gasteiger partial charge in [0, 0.05) is 23.7 Å². The van der Waals surface area contributed by atoms with E-state index in [2.05, 4.69) is 9.97 Å². The minimum atomic E-state index is -4.52. The zero-order valence-corrected chi connectivity index (χ0v) is 11.5. The van der Waals surface area contributed by atoms with E-state index in [0.29, 0.717) is 41.2 Å². The number of ketones is 1. The van der Waals surface area contributed by atoms with Crippen molar-refractivity contribution in [2.75, 3.05) is 0 Å². The van der Waals surface area contributed by atoms with Gasteiger partial charge >= 0.3 is 6.18 Å². The molecule has 110 valence electrons. The smallest absolute Gasteiger partial charge is 0.351 e. The monoisotopic (exact) mass is 314 g/mol. The number of H-pyrrole nitrogens is 1. The zero-order valence-electron chi connectivity index (χ0n) is 10.7. The summed E-state index contributed by atoms with van der Waals surface area (Å²) < 4.78 is 38.1. The number of hydrogen-bond donors (Lipinski definition) is 1. The second-order valence-electron chi connectivity index (χ2n) is 4.87. The molecule has 0 fully saturated rings. The van der Waals surface area contributed by atoms with Crippen LogP contribution in [-0.2, 0) is 12.6 Å². The number of alkyl halides is 3. The Labute approximate surface area is 123 Å². The number of carbonyl (C=O) groups excluding carboxylic acids is 1. The number of rotatable bonds is 1. The highest BCUT2D eigenvalue weighted by atomic mass is 35.5. The van der Waals surface area contributed by atoms with Crippen LogP contribution in [0.4, 0.5) is 13.2 Å². The van der Waals surface area contributed by atoms with E-state index < -0.39 is 11.9 Å². The lowest BCUT2D eigenvalue weighted by atomic mass is 9.97. The van der Waals surface area contributed by atoms with Gasteiger partial charge in [0.25, 0.3) is 0 Å². The number of Topliss-reactive ketones (excluding diaryl/α,β-unsaturated/α-hetero) is 1. The number of aromatic amines is 1. The van der Waals surface area contributed by atoms with Gasteiger partial charge < -0.3 is 4.98 Å². The van der Waals surface area contributed by atoms with E-state index in [4.69, 9.17) is 11.6 Å². The number of hydrogen-bond acceptors (Lipinski definition) is 2. The lowest BCUT2D eigenvalue weighted by Gasteiger charge is -2.09. The summed E-state index contributed by atoms with van der Waals surface area (Å²) in [6.45, 7) is 0. The molecule has 0 aliphatic heterocycles. The Morgan fingerprint density at radius 3 is 2.67 bits per heavy atom. The quantitative estimate of drug-likeness (QED) is 0.854. The van der Waals surface area contributed by atoms with Crippen molar-refractivity contribution < 1.29 is 18.0 Å². The van der Waals surface area contributed by atoms with Gasteiger partial charge in [-0.3, -0.25) is 9.78 Å². The Balaban J connectivity index is 2.12. The summed E-state index contributed by atoms with van der Waals surface area (Å²) in [6.07, 6.45) is -1.67. The molecule has 21 heavy (non-hydrogen) atoms. The van der Waals surface area contributed by atoms with Gasteiger partial charge in [-0.1, -0.05) is 11.6 Å². The van der Waals surface area contributed by atoms with Crippen LogP contribution < -0.4 is 0 Å². The van der Waals surface area contributed by atoms with E-state index in [0.717, 1.165) is 12.3 Å². The van der Waals surface area contributed by atoms with Crippen LogP contribution in [0, 0.1) is 0 Å². The van der Waals surface area contributed by atoms with E-state index in [1.807, 2.05) is 0 Å². The molecule has 0 saturated heterocycles. The minimum Gasteiger partial charge on any atom is -0.351 e. The highest BCUT2D eigenvalue weighted by Crippen LogP contribution is 2.37. The fourth-order valence-electron chi connectivity index (χ4n) is 2.48.